The van der Waals surface area contributed by atoms with E-state index in [2.05, 4.69) is 4.98 Å². The number of hydrogen-bond acceptors (Lipinski definition) is 8. The molecule has 8 nitrogen and oxygen atoms in total. The summed E-state index contributed by atoms with van der Waals surface area (Å²) in [5, 5.41) is 19.1. The molecule has 2 heterocycles. The van der Waals surface area contributed by atoms with E-state index < -0.39 is 28.5 Å². The molecule has 1 aliphatic carbocycles. The maximum Gasteiger partial charge on any atom is 0.350 e. The highest BCUT2D eigenvalue weighted by Crippen LogP contribution is 2.41. The Morgan fingerprint density at radius 2 is 2.17 bits per heavy atom. The zero-order valence-electron chi connectivity index (χ0n) is 12.4. The summed E-state index contributed by atoms with van der Waals surface area (Å²) in [6.45, 7) is 0.00583. The van der Waals surface area contributed by atoms with Gasteiger partial charge in [-0.25, -0.2) is 4.79 Å². The average Bonchev–Trinajstić information content (AvgIpc) is 2.71. The second kappa shape index (κ2) is 6.50. The Hall–Kier alpha value is -1.58. The molecule has 0 bridgehead atoms. The Labute approximate surface area is 136 Å². The largest absolute Gasteiger partial charge is 0.464 e. The number of thioether (sulfide) groups is 1. The van der Waals surface area contributed by atoms with E-state index >= 15 is 0 Å². The summed E-state index contributed by atoms with van der Waals surface area (Å²) in [6, 6.07) is 1.45. The van der Waals surface area contributed by atoms with E-state index in [9.17, 15) is 19.8 Å². The van der Waals surface area contributed by atoms with Gasteiger partial charge in [0, 0.05) is 6.20 Å². The van der Waals surface area contributed by atoms with E-state index in [1.807, 2.05) is 0 Å². The monoisotopic (exact) mass is 341 g/mol. The number of aliphatic hydroxyl groups excluding tert-OH is 2. The van der Waals surface area contributed by atoms with E-state index in [1.165, 1.54) is 28.6 Å². The number of rotatable bonds is 4. The fraction of sp³-hybridized carbons (Fsp3) is 0.643. The van der Waals surface area contributed by atoms with Crippen molar-refractivity contribution in [2.75, 3.05) is 12.3 Å². The molecule has 4 N–H and O–H groups in total. The summed E-state index contributed by atoms with van der Waals surface area (Å²) in [6.07, 6.45) is 1.91. The first kappa shape index (κ1) is 16.3. The molecule has 0 amide bonds. The first-order chi connectivity index (χ1) is 11.0. The summed E-state index contributed by atoms with van der Waals surface area (Å²) < 4.78 is 6.45. The van der Waals surface area contributed by atoms with Crippen LogP contribution in [0, 0.1) is 5.92 Å². The molecule has 9 heteroatoms. The van der Waals surface area contributed by atoms with Gasteiger partial charge < -0.3 is 20.7 Å². The molecule has 1 saturated heterocycles. The third kappa shape index (κ3) is 3.22. The van der Waals surface area contributed by atoms with E-state index in [-0.39, 0.29) is 24.3 Å². The van der Waals surface area contributed by atoms with Crippen molar-refractivity contribution in [3.8, 4) is 0 Å². The lowest BCUT2D eigenvalue weighted by atomic mass is 9.86. The van der Waals surface area contributed by atoms with E-state index in [0.717, 1.165) is 19.3 Å². The van der Waals surface area contributed by atoms with Gasteiger partial charge in [0.05, 0.1) is 17.3 Å². The van der Waals surface area contributed by atoms with E-state index in [1.54, 1.807) is 0 Å². The van der Waals surface area contributed by atoms with Gasteiger partial charge in [-0.15, -0.1) is 11.8 Å². The van der Waals surface area contributed by atoms with Crippen molar-refractivity contribution in [1.82, 2.24) is 9.55 Å². The number of nitrogens with zero attached hydrogens (tertiary/aromatic N) is 2. The maximum atomic E-state index is 11.9. The fourth-order valence-electron chi connectivity index (χ4n) is 2.64. The molecule has 4 atom stereocenters. The number of nitrogens with two attached hydrogens (primary N) is 1. The first-order valence-electron chi connectivity index (χ1n) is 7.50. The highest BCUT2D eigenvalue weighted by molar-refractivity contribution is 8.00. The highest BCUT2D eigenvalue weighted by atomic mass is 32.2. The number of aliphatic hydroxyl groups is 2. The van der Waals surface area contributed by atoms with Crippen LogP contribution in [0.2, 0.25) is 0 Å². The zero-order chi connectivity index (χ0) is 16.6. The van der Waals surface area contributed by atoms with Gasteiger partial charge in [-0.1, -0.05) is 6.42 Å². The number of aromatic nitrogens is 2. The minimum absolute atomic E-state index is 0.00583. The van der Waals surface area contributed by atoms with Crippen LogP contribution >= 0.6 is 11.8 Å². The summed E-state index contributed by atoms with van der Waals surface area (Å²) in [7, 11) is 0. The molecule has 0 spiro atoms. The molecular formula is C14H19N3O5S. The Balaban J connectivity index is 1.65. The highest BCUT2D eigenvalue weighted by Gasteiger charge is 2.44. The molecule has 1 saturated carbocycles. The van der Waals surface area contributed by atoms with Crippen LogP contribution < -0.4 is 11.4 Å². The van der Waals surface area contributed by atoms with Gasteiger partial charge >= 0.3 is 11.7 Å². The van der Waals surface area contributed by atoms with Crippen molar-refractivity contribution in [3.05, 3.63) is 22.7 Å². The van der Waals surface area contributed by atoms with Crippen molar-refractivity contribution in [3.63, 3.8) is 0 Å². The van der Waals surface area contributed by atoms with Gasteiger partial charge in [0.2, 0.25) is 0 Å². The Bertz CT molecular complexity index is 648. The predicted octanol–water partition coefficient (Wildman–Crippen LogP) is -0.495. The molecular weight excluding hydrogens is 322 g/mol. The third-order valence-corrected chi connectivity index (χ3v) is 5.84. The van der Waals surface area contributed by atoms with Crippen LogP contribution in [0.4, 0.5) is 5.82 Å². The van der Waals surface area contributed by atoms with Crippen LogP contribution in [-0.2, 0) is 9.53 Å². The normalized spacial score (nSPS) is 30.9. The predicted molar refractivity (Wildman–Crippen MR) is 83.6 cm³/mol. The molecule has 1 aliphatic heterocycles. The van der Waals surface area contributed by atoms with Crippen molar-refractivity contribution >= 4 is 23.5 Å². The number of esters is 1. The molecule has 23 heavy (non-hydrogen) atoms. The lowest BCUT2D eigenvalue weighted by Crippen LogP contribution is -2.37. The second-order valence-corrected chi connectivity index (χ2v) is 7.21. The zero-order valence-corrected chi connectivity index (χ0v) is 13.2. The Morgan fingerprint density at radius 3 is 2.78 bits per heavy atom. The van der Waals surface area contributed by atoms with Crippen molar-refractivity contribution in [2.45, 2.75) is 42.1 Å². The molecule has 2 unspecified atom stereocenters. The van der Waals surface area contributed by atoms with Gasteiger partial charge in [-0.3, -0.25) is 9.36 Å². The van der Waals surface area contributed by atoms with Gasteiger partial charge in [-0.2, -0.15) is 4.98 Å². The molecule has 2 fully saturated rings. The molecule has 0 aromatic carbocycles. The third-order valence-electron chi connectivity index (χ3n) is 4.29. The van der Waals surface area contributed by atoms with Crippen LogP contribution in [0.15, 0.2) is 17.1 Å². The second-order valence-electron chi connectivity index (χ2n) is 5.85. The minimum Gasteiger partial charge on any atom is -0.464 e. The summed E-state index contributed by atoms with van der Waals surface area (Å²) in [5.74, 6) is -0.202. The number of carbonyl (C=O) groups excluding carboxylic acids is 1. The lowest BCUT2D eigenvalue weighted by molar-refractivity contribution is -0.152. The standard InChI is InChI=1S/C14H19N3O5S/c15-9-4-5-17(14(21)16-9)12-11(19)10(18)8(23-12)6-22-13(20)7-2-1-3-7/h4-5,7-8,10-12,18-19H,1-3,6H2,(H2,15,16,21)/t8-,10?,11?,12-/m1/s1. The Kier molecular flexibility index (Phi) is 4.60. The average molecular weight is 341 g/mol. The summed E-state index contributed by atoms with van der Waals surface area (Å²) in [5.41, 5.74) is 4.85. The van der Waals surface area contributed by atoms with Gasteiger partial charge in [0.25, 0.3) is 0 Å². The van der Waals surface area contributed by atoms with Crippen LogP contribution in [0.5, 0.6) is 0 Å². The van der Waals surface area contributed by atoms with Crippen molar-refractivity contribution in [1.29, 1.82) is 0 Å². The SMILES string of the molecule is Nc1ccn([C@@H]2S[C@H](COC(=O)C3CCC3)C(O)C2O)c(=O)n1. The van der Waals surface area contributed by atoms with Crippen LogP contribution in [0.3, 0.4) is 0 Å². The summed E-state index contributed by atoms with van der Waals surface area (Å²) >= 11 is 1.18. The Morgan fingerprint density at radius 1 is 1.43 bits per heavy atom. The van der Waals surface area contributed by atoms with Gasteiger partial charge in [0.1, 0.15) is 23.9 Å². The van der Waals surface area contributed by atoms with Crippen LogP contribution in [0.25, 0.3) is 0 Å². The molecule has 1 aromatic heterocycles. The molecule has 3 rings (SSSR count). The molecule has 0 radical (unpaired) electrons. The van der Waals surface area contributed by atoms with E-state index in [0.29, 0.717) is 0 Å². The number of hydrogen-bond donors (Lipinski definition) is 3. The van der Waals surface area contributed by atoms with Gasteiger partial charge in [0.15, 0.2) is 0 Å². The topological polar surface area (TPSA) is 128 Å². The smallest absolute Gasteiger partial charge is 0.350 e. The van der Waals surface area contributed by atoms with Crippen LogP contribution in [-0.4, -0.2) is 49.8 Å². The van der Waals surface area contributed by atoms with Crippen LogP contribution in [0.1, 0.15) is 24.6 Å². The number of anilines is 1. The number of ether oxygens (including phenoxy) is 1. The fourth-order valence-corrected chi connectivity index (χ4v) is 4.08. The molecule has 1 aromatic rings. The maximum absolute atomic E-state index is 11.9. The van der Waals surface area contributed by atoms with Crippen molar-refractivity contribution < 1.29 is 19.7 Å². The first-order valence-corrected chi connectivity index (χ1v) is 8.44. The summed E-state index contributed by atoms with van der Waals surface area (Å²) in [4.78, 5) is 27.2. The minimum atomic E-state index is -1.16. The van der Waals surface area contributed by atoms with E-state index in [4.69, 9.17) is 10.5 Å². The van der Waals surface area contributed by atoms with Gasteiger partial charge in [-0.05, 0) is 18.9 Å². The lowest BCUT2D eigenvalue weighted by Gasteiger charge is -2.24. The quantitative estimate of drug-likeness (QED) is 0.626. The number of carbonyl (C=O) groups is 1. The number of nitrogen functional groups attached to an aromatic ring is 1. The molecule has 2 aliphatic rings. The molecule has 126 valence electrons. The van der Waals surface area contributed by atoms with Crippen molar-refractivity contribution in [2.24, 2.45) is 5.92 Å².